The van der Waals surface area contributed by atoms with Gasteiger partial charge in [-0.1, -0.05) is 0 Å². The monoisotopic (exact) mass is 387 g/mol. The van der Waals surface area contributed by atoms with Crippen LogP contribution in [0.2, 0.25) is 0 Å². The first-order valence-electron chi connectivity index (χ1n) is 9.53. The van der Waals surface area contributed by atoms with E-state index in [0.717, 1.165) is 12.0 Å². The van der Waals surface area contributed by atoms with Crippen molar-refractivity contribution < 1.29 is 33.3 Å². The normalized spacial score (nSPS) is 31.9. The maximum absolute atomic E-state index is 13.2. The SMILES string of the molecule is CC(=O)OC1CC2CCN3C(=O)c4cc5c(cc4[C@H](C1OC(C)=O)C23)OCO5. The van der Waals surface area contributed by atoms with Crippen LogP contribution in [0.15, 0.2) is 12.1 Å². The van der Waals surface area contributed by atoms with Crippen molar-refractivity contribution in [2.45, 2.75) is 50.9 Å². The Kier molecular flexibility index (Phi) is 3.79. The Morgan fingerprint density at radius 2 is 1.82 bits per heavy atom. The minimum absolute atomic E-state index is 0.0374. The summed E-state index contributed by atoms with van der Waals surface area (Å²) in [6.07, 6.45) is 0.204. The van der Waals surface area contributed by atoms with E-state index < -0.39 is 24.1 Å². The molecule has 0 N–H and O–H groups in total. The summed E-state index contributed by atoms with van der Waals surface area (Å²) in [7, 11) is 0. The first-order chi connectivity index (χ1) is 13.4. The summed E-state index contributed by atoms with van der Waals surface area (Å²) in [5.74, 6) is 0.131. The molecule has 148 valence electrons. The lowest BCUT2D eigenvalue weighted by Crippen LogP contribution is -2.57. The molecule has 8 heteroatoms. The lowest BCUT2D eigenvalue weighted by atomic mass is 9.68. The Bertz CT molecular complexity index is 882. The van der Waals surface area contributed by atoms with E-state index in [1.54, 1.807) is 6.07 Å². The van der Waals surface area contributed by atoms with Crippen LogP contribution in [0.25, 0.3) is 0 Å². The number of carbonyl (C=O) groups is 3. The molecule has 0 radical (unpaired) electrons. The van der Waals surface area contributed by atoms with Crippen molar-refractivity contribution in [3.8, 4) is 11.5 Å². The fourth-order valence-corrected chi connectivity index (χ4v) is 5.32. The molecule has 1 amide bonds. The smallest absolute Gasteiger partial charge is 0.303 e. The fraction of sp³-hybridized carbons (Fsp3) is 0.550. The van der Waals surface area contributed by atoms with Crippen LogP contribution in [0.5, 0.6) is 11.5 Å². The highest BCUT2D eigenvalue weighted by Crippen LogP contribution is 2.52. The summed E-state index contributed by atoms with van der Waals surface area (Å²) in [5, 5.41) is 0. The summed E-state index contributed by atoms with van der Waals surface area (Å²) in [4.78, 5) is 38.6. The van der Waals surface area contributed by atoms with E-state index in [0.29, 0.717) is 30.0 Å². The van der Waals surface area contributed by atoms with E-state index in [9.17, 15) is 14.4 Å². The molecule has 0 aromatic heterocycles. The average molecular weight is 387 g/mol. The van der Waals surface area contributed by atoms with E-state index in [1.165, 1.54) is 13.8 Å². The first kappa shape index (κ1) is 17.3. The summed E-state index contributed by atoms with van der Waals surface area (Å²) < 4.78 is 22.2. The molecule has 3 aliphatic heterocycles. The van der Waals surface area contributed by atoms with Gasteiger partial charge in [-0.25, -0.2) is 0 Å². The van der Waals surface area contributed by atoms with Gasteiger partial charge < -0.3 is 23.8 Å². The summed E-state index contributed by atoms with van der Waals surface area (Å²) in [6.45, 7) is 3.45. The van der Waals surface area contributed by atoms with E-state index >= 15 is 0 Å². The Hall–Kier alpha value is -2.77. The van der Waals surface area contributed by atoms with E-state index in [2.05, 4.69) is 0 Å². The summed E-state index contributed by atoms with van der Waals surface area (Å²) in [6, 6.07) is 3.44. The number of ether oxygens (including phenoxy) is 4. The summed E-state index contributed by atoms with van der Waals surface area (Å²) in [5.41, 5.74) is 1.30. The van der Waals surface area contributed by atoms with Gasteiger partial charge in [-0.3, -0.25) is 14.4 Å². The molecule has 0 bridgehead atoms. The van der Waals surface area contributed by atoms with Crippen molar-refractivity contribution in [3.63, 3.8) is 0 Å². The van der Waals surface area contributed by atoms with Crippen molar-refractivity contribution in [1.82, 2.24) is 4.90 Å². The van der Waals surface area contributed by atoms with Gasteiger partial charge in [0.15, 0.2) is 11.5 Å². The maximum Gasteiger partial charge on any atom is 0.303 e. The molecule has 5 atom stereocenters. The third kappa shape index (κ3) is 2.47. The Balaban J connectivity index is 1.66. The fourth-order valence-electron chi connectivity index (χ4n) is 5.32. The molecule has 4 aliphatic rings. The molecule has 28 heavy (non-hydrogen) atoms. The molecule has 5 rings (SSSR count). The van der Waals surface area contributed by atoms with Crippen LogP contribution in [0.4, 0.5) is 0 Å². The Morgan fingerprint density at radius 3 is 2.54 bits per heavy atom. The van der Waals surface area contributed by atoms with Crippen molar-refractivity contribution in [3.05, 3.63) is 23.3 Å². The zero-order valence-corrected chi connectivity index (χ0v) is 15.7. The third-order valence-electron chi connectivity index (χ3n) is 6.22. The number of nitrogens with zero attached hydrogens (tertiary/aromatic N) is 1. The molecule has 1 aromatic rings. The van der Waals surface area contributed by atoms with E-state index in [-0.39, 0.29) is 30.6 Å². The van der Waals surface area contributed by atoms with E-state index in [1.807, 2.05) is 11.0 Å². The quantitative estimate of drug-likeness (QED) is 0.712. The standard InChI is InChI=1S/C20H21NO7/c1-9(22)27-16-5-11-3-4-21-18(11)17(19(16)28-10(2)23)12-6-14-15(26-8-25-14)7-13(12)20(21)24/h6-7,11,16-19H,3-5,8H2,1-2H3/t11?,16?,17-,18?,19?/m0/s1. The first-order valence-corrected chi connectivity index (χ1v) is 9.53. The number of hydrogen-bond donors (Lipinski definition) is 0. The number of benzene rings is 1. The highest BCUT2D eigenvalue weighted by Gasteiger charge is 2.57. The molecule has 1 saturated heterocycles. The van der Waals surface area contributed by atoms with Gasteiger partial charge in [-0.2, -0.15) is 0 Å². The summed E-state index contributed by atoms with van der Waals surface area (Å²) >= 11 is 0. The van der Waals surface area contributed by atoms with Crippen LogP contribution < -0.4 is 9.47 Å². The molecule has 4 unspecified atom stereocenters. The molecule has 3 heterocycles. The Labute approximate surface area is 161 Å². The van der Waals surface area contributed by atoms with Gasteiger partial charge in [-0.15, -0.1) is 0 Å². The minimum atomic E-state index is -0.657. The van der Waals surface area contributed by atoms with Crippen LogP contribution >= 0.6 is 0 Å². The maximum atomic E-state index is 13.2. The van der Waals surface area contributed by atoms with Gasteiger partial charge in [-0.05, 0) is 36.5 Å². The molecule has 0 spiro atoms. The molecule has 1 saturated carbocycles. The van der Waals surface area contributed by atoms with Crippen molar-refractivity contribution in [1.29, 1.82) is 0 Å². The minimum Gasteiger partial charge on any atom is -0.459 e. The van der Waals surface area contributed by atoms with Crippen molar-refractivity contribution >= 4 is 17.8 Å². The Morgan fingerprint density at radius 1 is 1.11 bits per heavy atom. The second kappa shape index (κ2) is 6.12. The van der Waals surface area contributed by atoms with Crippen LogP contribution in [-0.2, 0) is 19.1 Å². The van der Waals surface area contributed by atoms with Gasteiger partial charge in [0.2, 0.25) is 6.79 Å². The zero-order valence-electron chi connectivity index (χ0n) is 15.7. The molecule has 1 aromatic carbocycles. The highest BCUT2D eigenvalue weighted by atomic mass is 16.7. The van der Waals surface area contributed by atoms with Crippen LogP contribution in [0.3, 0.4) is 0 Å². The highest BCUT2D eigenvalue weighted by molar-refractivity contribution is 5.98. The molecule has 8 nitrogen and oxygen atoms in total. The predicted molar refractivity (Wildman–Crippen MR) is 94.0 cm³/mol. The lowest BCUT2D eigenvalue weighted by Gasteiger charge is -2.48. The average Bonchev–Trinajstić information content (AvgIpc) is 3.25. The van der Waals surface area contributed by atoms with E-state index in [4.69, 9.17) is 18.9 Å². The van der Waals surface area contributed by atoms with Crippen LogP contribution in [0.1, 0.15) is 48.5 Å². The lowest BCUT2D eigenvalue weighted by molar-refractivity contribution is -0.175. The number of esters is 2. The number of carbonyl (C=O) groups excluding carboxylic acids is 3. The molecular weight excluding hydrogens is 366 g/mol. The second-order valence-electron chi connectivity index (χ2n) is 7.81. The van der Waals surface area contributed by atoms with Gasteiger partial charge in [0.25, 0.3) is 5.91 Å². The zero-order chi connectivity index (χ0) is 19.6. The molecule has 2 fully saturated rings. The number of rotatable bonds is 2. The largest absolute Gasteiger partial charge is 0.459 e. The molecular formula is C20H21NO7. The molecule has 1 aliphatic carbocycles. The number of fused-ring (bicyclic) bond motifs is 3. The number of amides is 1. The van der Waals surface area contributed by atoms with Crippen LogP contribution in [0, 0.1) is 5.92 Å². The van der Waals surface area contributed by atoms with Crippen LogP contribution in [-0.4, -0.2) is 54.3 Å². The number of hydrogen-bond acceptors (Lipinski definition) is 7. The third-order valence-corrected chi connectivity index (χ3v) is 6.22. The van der Waals surface area contributed by atoms with Crippen molar-refractivity contribution in [2.24, 2.45) is 5.92 Å². The van der Waals surface area contributed by atoms with Gasteiger partial charge >= 0.3 is 11.9 Å². The van der Waals surface area contributed by atoms with Gasteiger partial charge in [0.1, 0.15) is 12.2 Å². The second-order valence-corrected chi connectivity index (χ2v) is 7.81. The van der Waals surface area contributed by atoms with Gasteiger partial charge in [0.05, 0.1) is 0 Å². The van der Waals surface area contributed by atoms with Crippen molar-refractivity contribution in [2.75, 3.05) is 13.3 Å². The predicted octanol–water partition coefficient (Wildman–Crippen LogP) is 1.61. The topological polar surface area (TPSA) is 91.4 Å². The van der Waals surface area contributed by atoms with Gasteiger partial charge in [0, 0.05) is 37.9 Å².